The number of fused-ring (bicyclic) bond motifs is 2. The van der Waals surface area contributed by atoms with Crippen LogP contribution in [0.1, 0.15) is 26.7 Å². The first-order valence-corrected chi connectivity index (χ1v) is 6.71. The molecule has 3 nitrogen and oxygen atoms in total. The summed E-state index contributed by atoms with van der Waals surface area (Å²) in [6, 6.07) is 0.487. The lowest BCUT2D eigenvalue weighted by molar-refractivity contribution is -0.940. The van der Waals surface area contributed by atoms with Crippen molar-refractivity contribution in [2.75, 3.05) is 26.3 Å². The van der Waals surface area contributed by atoms with Gasteiger partial charge in [0.2, 0.25) is 0 Å². The topological polar surface area (TPSA) is 33.9 Å². The van der Waals surface area contributed by atoms with E-state index in [1.807, 2.05) is 0 Å². The highest BCUT2D eigenvalue weighted by Crippen LogP contribution is 2.58. The fourth-order valence-corrected chi connectivity index (χ4v) is 4.17. The normalized spacial score (nSPS) is 44.6. The predicted molar refractivity (Wildman–Crippen MR) is 61.3 cm³/mol. The van der Waals surface area contributed by atoms with E-state index in [9.17, 15) is 5.11 Å². The maximum Gasteiger partial charge on any atom is 0.114 e. The molecule has 4 heteroatoms. The van der Waals surface area contributed by atoms with Gasteiger partial charge in [-0.05, 0) is 23.7 Å². The lowest BCUT2D eigenvalue weighted by atomic mass is 9.46. The van der Waals surface area contributed by atoms with Crippen molar-refractivity contribution >= 4 is 0 Å². The zero-order valence-electron chi connectivity index (χ0n) is 10.8. The van der Waals surface area contributed by atoms with Crippen LogP contribution in [0.4, 0.5) is 0 Å². The van der Waals surface area contributed by atoms with Crippen LogP contribution < -0.4 is 17.3 Å². The molecule has 0 amide bonds. The maximum atomic E-state index is 10.5. The molecule has 4 atom stereocenters. The highest BCUT2D eigenvalue weighted by atomic mass is 35.5. The zero-order valence-corrected chi connectivity index (χ0v) is 11.5. The molecular formula is C13H24ClNO2. The van der Waals surface area contributed by atoms with Crippen molar-refractivity contribution < 1.29 is 27.2 Å². The molecule has 0 aromatic carbocycles. The Morgan fingerprint density at radius 2 is 1.82 bits per heavy atom. The molecule has 0 unspecified atom stereocenters. The minimum absolute atomic E-state index is 0. The maximum absolute atomic E-state index is 10.5. The average Bonchev–Trinajstić information content (AvgIpc) is 2.29. The van der Waals surface area contributed by atoms with Gasteiger partial charge in [0, 0.05) is 6.42 Å². The number of quaternary nitrogens is 1. The van der Waals surface area contributed by atoms with Crippen LogP contribution in [0.25, 0.3) is 0 Å². The molecule has 1 heterocycles. The van der Waals surface area contributed by atoms with Crippen LogP contribution in [-0.4, -0.2) is 43.6 Å². The fourth-order valence-electron chi connectivity index (χ4n) is 4.17. The van der Waals surface area contributed by atoms with Crippen LogP contribution in [-0.2, 0) is 4.74 Å². The summed E-state index contributed by atoms with van der Waals surface area (Å²) in [5.74, 6) is 1.40. The van der Waals surface area contributed by atoms with E-state index in [0.717, 1.165) is 32.2 Å². The minimum Gasteiger partial charge on any atom is -1.00 e. The first-order chi connectivity index (χ1) is 7.60. The summed E-state index contributed by atoms with van der Waals surface area (Å²) in [6.45, 7) is 8.58. The lowest BCUT2D eigenvalue weighted by Gasteiger charge is -2.61. The first-order valence-electron chi connectivity index (χ1n) is 6.71. The first kappa shape index (κ1) is 13.6. The number of hydrogen-bond donors (Lipinski definition) is 2. The van der Waals surface area contributed by atoms with Crippen molar-refractivity contribution in [1.29, 1.82) is 0 Å². The van der Waals surface area contributed by atoms with Crippen LogP contribution in [0.2, 0.25) is 0 Å². The summed E-state index contributed by atoms with van der Waals surface area (Å²) in [5.41, 5.74) is 0.391. The number of hydrogen-bond acceptors (Lipinski definition) is 2. The molecule has 100 valence electrons. The molecule has 2 bridgehead atoms. The fraction of sp³-hybridized carbons (Fsp3) is 1.00. The standard InChI is InChI=1S/C13H23NO2.ClH/c1-13(2)9-7-10(13)12(15)11(8-9)14-3-5-16-6-4-14;/h9-12,15H,3-8H2,1-2H3;1H/t9-,10+,11-,12+;/m1./s1. The van der Waals surface area contributed by atoms with Gasteiger partial charge in [-0.1, -0.05) is 13.8 Å². The molecule has 1 aliphatic heterocycles. The van der Waals surface area contributed by atoms with E-state index in [1.165, 1.54) is 12.8 Å². The van der Waals surface area contributed by atoms with Crippen LogP contribution in [0.3, 0.4) is 0 Å². The summed E-state index contributed by atoms with van der Waals surface area (Å²) >= 11 is 0. The van der Waals surface area contributed by atoms with E-state index >= 15 is 0 Å². The number of nitrogens with one attached hydrogen (secondary N) is 1. The van der Waals surface area contributed by atoms with Crippen LogP contribution in [0, 0.1) is 17.3 Å². The number of aliphatic hydroxyl groups excluding tert-OH is 1. The smallest absolute Gasteiger partial charge is 0.114 e. The van der Waals surface area contributed by atoms with Gasteiger partial charge in [0.1, 0.15) is 25.2 Å². The second-order valence-corrected chi connectivity index (χ2v) is 6.46. The van der Waals surface area contributed by atoms with Gasteiger partial charge < -0.3 is 27.2 Å². The molecule has 0 aromatic heterocycles. The Morgan fingerprint density at radius 1 is 1.18 bits per heavy atom. The van der Waals surface area contributed by atoms with Crippen LogP contribution in [0.5, 0.6) is 0 Å². The Kier molecular flexibility index (Phi) is 3.75. The molecule has 4 rings (SSSR count). The van der Waals surface area contributed by atoms with Crippen molar-refractivity contribution in [3.05, 3.63) is 0 Å². The molecule has 4 aliphatic rings. The van der Waals surface area contributed by atoms with Gasteiger partial charge in [0.25, 0.3) is 0 Å². The van der Waals surface area contributed by atoms with Crippen molar-refractivity contribution in [3.63, 3.8) is 0 Å². The van der Waals surface area contributed by atoms with Crippen LogP contribution in [0.15, 0.2) is 0 Å². The van der Waals surface area contributed by atoms with Gasteiger partial charge in [-0.15, -0.1) is 0 Å². The second-order valence-electron chi connectivity index (χ2n) is 6.46. The molecule has 1 saturated heterocycles. The Morgan fingerprint density at radius 3 is 2.35 bits per heavy atom. The number of halogens is 1. The van der Waals surface area contributed by atoms with Crippen molar-refractivity contribution in [2.24, 2.45) is 17.3 Å². The number of aliphatic hydroxyl groups is 1. The van der Waals surface area contributed by atoms with E-state index < -0.39 is 0 Å². The van der Waals surface area contributed by atoms with Crippen molar-refractivity contribution in [2.45, 2.75) is 38.8 Å². The number of rotatable bonds is 1. The van der Waals surface area contributed by atoms with Crippen LogP contribution >= 0.6 is 0 Å². The number of morpholine rings is 1. The van der Waals surface area contributed by atoms with Gasteiger partial charge in [0.05, 0.1) is 13.2 Å². The summed E-state index contributed by atoms with van der Waals surface area (Å²) in [6.07, 6.45) is 2.40. The van der Waals surface area contributed by atoms with Gasteiger partial charge in [0.15, 0.2) is 0 Å². The molecule has 0 spiro atoms. The summed E-state index contributed by atoms with van der Waals surface area (Å²) in [4.78, 5) is 1.59. The molecule has 17 heavy (non-hydrogen) atoms. The zero-order chi connectivity index (χ0) is 11.3. The van der Waals surface area contributed by atoms with E-state index in [4.69, 9.17) is 4.74 Å². The summed E-state index contributed by atoms with van der Waals surface area (Å²) in [7, 11) is 0. The average molecular weight is 262 g/mol. The number of ether oxygens (including phenoxy) is 1. The molecule has 2 N–H and O–H groups in total. The van der Waals surface area contributed by atoms with E-state index in [1.54, 1.807) is 4.90 Å². The molecule has 3 saturated carbocycles. The van der Waals surface area contributed by atoms with E-state index in [-0.39, 0.29) is 18.5 Å². The highest BCUT2D eigenvalue weighted by molar-refractivity contribution is 5.06. The lowest BCUT2D eigenvalue weighted by Crippen LogP contribution is -3.19. The largest absolute Gasteiger partial charge is 1.00 e. The third-order valence-corrected chi connectivity index (χ3v) is 5.57. The quantitative estimate of drug-likeness (QED) is 0.519. The van der Waals surface area contributed by atoms with E-state index in [0.29, 0.717) is 17.4 Å². The second kappa shape index (κ2) is 4.69. The Bertz CT molecular complexity index is 279. The van der Waals surface area contributed by atoms with Gasteiger partial charge in [-0.25, -0.2) is 0 Å². The summed E-state index contributed by atoms with van der Waals surface area (Å²) < 4.78 is 5.40. The Balaban J connectivity index is 0.00000108. The Labute approximate surface area is 110 Å². The predicted octanol–water partition coefficient (Wildman–Crippen LogP) is -3.30. The highest BCUT2D eigenvalue weighted by Gasteiger charge is 2.59. The summed E-state index contributed by atoms with van der Waals surface area (Å²) in [5, 5.41) is 10.5. The van der Waals surface area contributed by atoms with Crippen molar-refractivity contribution in [1.82, 2.24) is 0 Å². The third-order valence-electron chi connectivity index (χ3n) is 5.57. The Hall–Kier alpha value is 0.170. The molecule has 3 aliphatic carbocycles. The van der Waals surface area contributed by atoms with E-state index in [2.05, 4.69) is 13.8 Å². The molecule has 0 aromatic rings. The van der Waals surface area contributed by atoms with Crippen molar-refractivity contribution in [3.8, 4) is 0 Å². The SMILES string of the molecule is CC1(C)[C@H]2C[C@@H]([NH+]3CCOCC3)[C@@H](O)[C@@H]1C2.[Cl-]. The monoisotopic (exact) mass is 261 g/mol. The molecule has 0 radical (unpaired) electrons. The van der Waals surface area contributed by atoms with Gasteiger partial charge >= 0.3 is 0 Å². The third kappa shape index (κ3) is 2.01. The minimum atomic E-state index is -0.0758. The van der Waals surface area contributed by atoms with Gasteiger partial charge in [-0.2, -0.15) is 0 Å². The van der Waals surface area contributed by atoms with Gasteiger partial charge in [-0.3, -0.25) is 0 Å². The molecular weight excluding hydrogens is 238 g/mol. The molecule has 4 fully saturated rings.